The number of aliphatic imine (C=N–C) groups is 1. The van der Waals surface area contributed by atoms with Crippen LogP contribution in [-0.4, -0.2) is 12.4 Å². The van der Waals surface area contributed by atoms with E-state index in [9.17, 15) is 0 Å². The first-order chi connectivity index (χ1) is 9.81. The Hall–Kier alpha value is -2.42. The maximum Gasteiger partial charge on any atom is 0.179 e. The molecule has 1 aromatic rings. The molecule has 0 amide bonds. The summed E-state index contributed by atoms with van der Waals surface area (Å²) >= 11 is 0. The fourth-order valence-corrected chi connectivity index (χ4v) is 2.45. The van der Waals surface area contributed by atoms with Crippen LogP contribution in [0.15, 0.2) is 64.5 Å². The summed E-state index contributed by atoms with van der Waals surface area (Å²) in [5.74, 6) is 1.21. The Labute approximate surface area is 118 Å². The van der Waals surface area contributed by atoms with E-state index in [1.165, 1.54) is 0 Å². The largest absolute Gasteiger partial charge is 0.452 e. The third-order valence-electron chi connectivity index (χ3n) is 3.48. The second kappa shape index (κ2) is 5.29. The van der Waals surface area contributed by atoms with E-state index in [1.54, 1.807) is 0 Å². The fourth-order valence-electron chi connectivity index (χ4n) is 2.45. The standard InChI is InChI=1S/C17H16N2O/c1-19-16(12-8-4-2-3-5-9-12)17-15(18)13-10-6-7-11-14(13)20-17/h4,6-11,18H,1-3,5H2/b17-16+,18-15?. The molecule has 0 saturated heterocycles. The Kier molecular flexibility index (Phi) is 3.33. The van der Waals surface area contributed by atoms with Gasteiger partial charge in [-0.05, 0) is 43.7 Å². The highest BCUT2D eigenvalue weighted by atomic mass is 16.5. The smallest absolute Gasteiger partial charge is 0.179 e. The van der Waals surface area contributed by atoms with Crippen LogP contribution in [0.2, 0.25) is 0 Å². The average Bonchev–Trinajstić information content (AvgIpc) is 2.68. The van der Waals surface area contributed by atoms with Crippen molar-refractivity contribution in [3.63, 3.8) is 0 Å². The number of ether oxygens (including phenoxy) is 1. The minimum absolute atomic E-state index is 0.376. The average molecular weight is 264 g/mol. The van der Waals surface area contributed by atoms with Gasteiger partial charge in [0.05, 0.1) is 0 Å². The molecule has 0 aromatic heterocycles. The number of allylic oxidation sites excluding steroid dienone is 4. The van der Waals surface area contributed by atoms with E-state index >= 15 is 0 Å². The number of nitrogens with one attached hydrogen (secondary N) is 1. The summed E-state index contributed by atoms with van der Waals surface area (Å²) in [6.45, 7) is 3.65. The molecule has 1 heterocycles. The number of fused-ring (bicyclic) bond motifs is 1. The summed E-state index contributed by atoms with van der Waals surface area (Å²) in [6.07, 6.45) is 9.53. The molecule has 1 aliphatic heterocycles. The van der Waals surface area contributed by atoms with Gasteiger partial charge in [0.1, 0.15) is 17.2 Å². The van der Waals surface area contributed by atoms with E-state index < -0.39 is 0 Å². The number of hydrogen-bond acceptors (Lipinski definition) is 3. The van der Waals surface area contributed by atoms with Gasteiger partial charge in [-0.15, -0.1) is 0 Å². The number of hydrogen-bond donors (Lipinski definition) is 1. The van der Waals surface area contributed by atoms with E-state index in [1.807, 2.05) is 30.3 Å². The molecule has 0 atom stereocenters. The maximum absolute atomic E-state index is 8.27. The molecular formula is C17H16N2O. The summed E-state index contributed by atoms with van der Waals surface area (Å²) in [5.41, 5.74) is 2.83. The van der Waals surface area contributed by atoms with Gasteiger partial charge in [-0.3, -0.25) is 10.4 Å². The SMILES string of the molecule is C=N/C(C1=CCCCC=C1)=C1/Oc2ccccc2C1=N. The highest BCUT2D eigenvalue weighted by Crippen LogP contribution is 2.34. The van der Waals surface area contributed by atoms with Crippen LogP contribution in [-0.2, 0) is 0 Å². The molecular weight excluding hydrogens is 248 g/mol. The van der Waals surface area contributed by atoms with E-state index in [-0.39, 0.29) is 0 Å². The number of para-hydroxylation sites is 1. The molecule has 0 spiro atoms. The molecule has 20 heavy (non-hydrogen) atoms. The van der Waals surface area contributed by atoms with Gasteiger partial charge in [-0.25, -0.2) is 0 Å². The van der Waals surface area contributed by atoms with Crippen LogP contribution in [0.25, 0.3) is 0 Å². The van der Waals surface area contributed by atoms with Crippen LogP contribution in [0.3, 0.4) is 0 Å². The Bertz CT molecular complexity index is 665. The Balaban J connectivity index is 2.07. The van der Waals surface area contributed by atoms with Gasteiger partial charge in [0.15, 0.2) is 5.76 Å². The normalized spacial score (nSPS) is 19.8. The van der Waals surface area contributed by atoms with Crippen molar-refractivity contribution in [1.82, 2.24) is 0 Å². The molecule has 1 aromatic carbocycles. The van der Waals surface area contributed by atoms with E-state index in [0.717, 1.165) is 30.4 Å². The Morgan fingerprint density at radius 2 is 2.10 bits per heavy atom. The lowest BCUT2D eigenvalue weighted by atomic mass is 10.1. The molecule has 0 saturated carbocycles. The van der Waals surface area contributed by atoms with Crippen molar-refractivity contribution in [2.24, 2.45) is 4.99 Å². The van der Waals surface area contributed by atoms with Gasteiger partial charge < -0.3 is 4.74 Å². The lowest BCUT2D eigenvalue weighted by Gasteiger charge is -2.07. The van der Waals surface area contributed by atoms with Crippen LogP contribution < -0.4 is 4.74 Å². The number of benzene rings is 1. The first kappa shape index (κ1) is 12.6. The van der Waals surface area contributed by atoms with Gasteiger partial charge in [0.25, 0.3) is 0 Å². The van der Waals surface area contributed by atoms with Crippen molar-refractivity contribution in [3.8, 4) is 5.75 Å². The van der Waals surface area contributed by atoms with Crippen LogP contribution in [0, 0.1) is 5.41 Å². The summed E-state index contributed by atoms with van der Waals surface area (Å²) in [5, 5.41) is 8.27. The zero-order valence-corrected chi connectivity index (χ0v) is 11.2. The quantitative estimate of drug-likeness (QED) is 0.805. The van der Waals surface area contributed by atoms with Crippen molar-refractivity contribution >= 4 is 12.4 Å². The summed E-state index contributed by atoms with van der Waals surface area (Å²) in [4.78, 5) is 4.11. The second-order valence-electron chi connectivity index (χ2n) is 4.80. The Morgan fingerprint density at radius 1 is 1.25 bits per heavy atom. The highest BCUT2D eigenvalue weighted by Gasteiger charge is 2.27. The zero-order valence-electron chi connectivity index (χ0n) is 11.2. The van der Waals surface area contributed by atoms with Gasteiger partial charge >= 0.3 is 0 Å². The Morgan fingerprint density at radius 3 is 2.90 bits per heavy atom. The van der Waals surface area contributed by atoms with Crippen molar-refractivity contribution < 1.29 is 4.74 Å². The van der Waals surface area contributed by atoms with E-state index in [2.05, 4.69) is 23.9 Å². The molecule has 0 fully saturated rings. The maximum atomic E-state index is 8.27. The molecule has 1 aliphatic carbocycles. The number of nitrogens with zero attached hydrogens (tertiary/aromatic N) is 1. The van der Waals surface area contributed by atoms with Crippen LogP contribution >= 0.6 is 0 Å². The molecule has 3 heteroatoms. The first-order valence-corrected chi connectivity index (χ1v) is 6.75. The zero-order chi connectivity index (χ0) is 13.9. The van der Waals surface area contributed by atoms with E-state index in [4.69, 9.17) is 10.1 Å². The fraction of sp³-hybridized carbons (Fsp3) is 0.176. The molecule has 3 nitrogen and oxygen atoms in total. The van der Waals surface area contributed by atoms with Crippen LogP contribution in [0.1, 0.15) is 24.8 Å². The van der Waals surface area contributed by atoms with Gasteiger partial charge in [-0.2, -0.15) is 0 Å². The molecule has 0 radical (unpaired) electrons. The summed E-state index contributed by atoms with van der Waals surface area (Å²) in [6, 6.07) is 7.57. The third kappa shape index (κ3) is 2.11. The molecule has 100 valence electrons. The minimum atomic E-state index is 0.376. The van der Waals surface area contributed by atoms with Crippen molar-refractivity contribution in [2.45, 2.75) is 19.3 Å². The van der Waals surface area contributed by atoms with Gasteiger partial charge in [-0.1, -0.05) is 30.4 Å². The van der Waals surface area contributed by atoms with Crippen LogP contribution in [0.5, 0.6) is 5.75 Å². The molecule has 0 bridgehead atoms. The molecule has 3 rings (SSSR count). The minimum Gasteiger partial charge on any atom is -0.452 e. The van der Waals surface area contributed by atoms with Gasteiger partial charge in [0, 0.05) is 5.56 Å². The summed E-state index contributed by atoms with van der Waals surface area (Å²) in [7, 11) is 0. The topological polar surface area (TPSA) is 45.4 Å². The second-order valence-corrected chi connectivity index (χ2v) is 4.80. The lowest BCUT2D eigenvalue weighted by Crippen LogP contribution is -2.04. The molecule has 0 unspecified atom stereocenters. The predicted octanol–water partition coefficient (Wildman–Crippen LogP) is 4.03. The van der Waals surface area contributed by atoms with Crippen molar-refractivity contribution in [3.05, 3.63) is 65.1 Å². The number of rotatable bonds is 2. The molecule has 1 N–H and O–H groups in total. The van der Waals surface area contributed by atoms with Crippen molar-refractivity contribution in [1.29, 1.82) is 5.41 Å². The third-order valence-corrected chi connectivity index (χ3v) is 3.48. The monoisotopic (exact) mass is 264 g/mol. The molecule has 2 aliphatic rings. The van der Waals surface area contributed by atoms with Gasteiger partial charge in [0.2, 0.25) is 0 Å². The summed E-state index contributed by atoms with van der Waals surface area (Å²) < 4.78 is 5.81. The van der Waals surface area contributed by atoms with Crippen LogP contribution in [0.4, 0.5) is 0 Å². The lowest BCUT2D eigenvalue weighted by molar-refractivity contribution is 0.463. The van der Waals surface area contributed by atoms with E-state index in [0.29, 0.717) is 22.9 Å². The first-order valence-electron chi connectivity index (χ1n) is 6.75. The highest BCUT2D eigenvalue weighted by molar-refractivity contribution is 6.14. The van der Waals surface area contributed by atoms with Crippen molar-refractivity contribution in [2.75, 3.05) is 0 Å². The predicted molar refractivity (Wildman–Crippen MR) is 81.5 cm³/mol.